The van der Waals surface area contributed by atoms with Crippen LogP contribution in [-0.4, -0.2) is 26.8 Å². The number of hydrogen-bond donors (Lipinski definition) is 2. The van der Waals surface area contributed by atoms with E-state index >= 15 is 0 Å². The Hall–Kier alpha value is -2.57. The molecule has 0 aliphatic carbocycles. The number of amides is 1. The number of carboxylic acid groups (broad SMARTS) is 1. The fraction of sp³-hybridized carbons (Fsp3) is 0.250. The van der Waals surface area contributed by atoms with E-state index in [-0.39, 0.29) is 18.2 Å². The molecule has 2 aromatic heterocycles. The molecule has 0 aliphatic heterocycles. The first-order chi connectivity index (χ1) is 8.99. The third-order valence-corrected chi connectivity index (χ3v) is 2.78. The Kier molecular flexibility index (Phi) is 3.37. The molecule has 19 heavy (non-hydrogen) atoms. The van der Waals surface area contributed by atoms with Crippen LogP contribution in [0, 0.1) is 6.92 Å². The number of aromatic nitrogens is 2. The lowest BCUT2D eigenvalue weighted by Crippen LogP contribution is -2.23. The highest BCUT2D eigenvalue weighted by Gasteiger charge is 2.14. The molecule has 2 heterocycles. The van der Waals surface area contributed by atoms with Gasteiger partial charge in [0.1, 0.15) is 5.76 Å². The molecule has 0 aliphatic rings. The minimum Gasteiger partial charge on any atom is -0.475 e. The molecule has 1 amide bonds. The van der Waals surface area contributed by atoms with Crippen LogP contribution in [0.3, 0.4) is 0 Å². The second-order valence-electron chi connectivity index (χ2n) is 4.02. The monoisotopic (exact) mass is 263 g/mol. The van der Waals surface area contributed by atoms with E-state index in [0.29, 0.717) is 11.3 Å². The molecule has 100 valence electrons. The van der Waals surface area contributed by atoms with Crippen LogP contribution in [-0.2, 0) is 13.6 Å². The van der Waals surface area contributed by atoms with Crippen LogP contribution in [0.15, 0.2) is 22.7 Å². The van der Waals surface area contributed by atoms with Gasteiger partial charge in [-0.1, -0.05) is 0 Å². The number of furan rings is 1. The Morgan fingerprint density at radius 1 is 1.47 bits per heavy atom. The van der Waals surface area contributed by atoms with Crippen molar-refractivity contribution in [2.45, 2.75) is 13.5 Å². The number of rotatable bonds is 4. The highest BCUT2D eigenvalue weighted by molar-refractivity contribution is 5.94. The topological polar surface area (TPSA) is 97.4 Å². The van der Waals surface area contributed by atoms with E-state index in [1.54, 1.807) is 18.7 Å². The molecule has 7 heteroatoms. The standard InChI is InChI=1S/C12H13N3O4/c1-7-9(6-14-15(7)2)11(16)13-5-8-3-4-10(19-8)12(17)18/h3-4,6H,5H2,1-2H3,(H,13,16)(H,17,18). The van der Waals surface area contributed by atoms with Crippen LogP contribution in [0.2, 0.25) is 0 Å². The van der Waals surface area contributed by atoms with Crippen molar-refractivity contribution in [3.05, 3.63) is 41.1 Å². The van der Waals surface area contributed by atoms with E-state index in [1.807, 2.05) is 0 Å². The molecule has 0 radical (unpaired) electrons. The zero-order chi connectivity index (χ0) is 14.0. The highest BCUT2D eigenvalue weighted by Crippen LogP contribution is 2.09. The number of hydrogen-bond acceptors (Lipinski definition) is 4. The Bertz CT molecular complexity index is 627. The lowest BCUT2D eigenvalue weighted by atomic mass is 10.2. The zero-order valence-corrected chi connectivity index (χ0v) is 10.5. The van der Waals surface area contributed by atoms with Gasteiger partial charge in [-0.3, -0.25) is 9.48 Å². The van der Waals surface area contributed by atoms with Gasteiger partial charge in [0.05, 0.1) is 18.3 Å². The molecule has 7 nitrogen and oxygen atoms in total. The second kappa shape index (κ2) is 4.97. The summed E-state index contributed by atoms with van der Waals surface area (Å²) < 4.78 is 6.63. The fourth-order valence-electron chi connectivity index (χ4n) is 1.57. The van der Waals surface area contributed by atoms with E-state index in [0.717, 1.165) is 5.69 Å². The van der Waals surface area contributed by atoms with Gasteiger partial charge in [0, 0.05) is 12.7 Å². The van der Waals surface area contributed by atoms with Gasteiger partial charge in [-0.2, -0.15) is 5.10 Å². The summed E-state index contributed by atoms with van der Waals surface area (Å²) in [5.74, 6) is -1.19. The van der Waals surface area contributed by atoms with Crippen molar-refractivity contribution < 1.29 is 19.1 Å². The molecule has 0 unspecified atom stereocenters. The summed E-state index contributed by atoms with van der Waals surface area (Å²) in [4.78, 5) is 22.5. The summed E-state index contributed by atoms with van der Waals surface area (Å²) >= 11 is 0. The number of aryl methyl sites for hydroxylation is 1. The van der Waals surface area contributed by atoms with E-state index in [2.05, 4.69) is 10.4 Å². The van der Waals surface area contributed by atoms with Crippen molar-refractivity contribution in [2.75, 3.05) is 0 Å². The van der Waals surface area contributed by atoms with Crippen LogP contribution in [0.1, 0.15) is 32.4 Å². The zero-order valence-electron chi connectivity index (χ0n) is 10.5. The van der Waals surface area contributed by atoms with Gasteiger partial charge in [-0.05, 0) is 19.1 Å². The Morgan fingerprint density at radius 2 is 2.21 bits per heavy atom. The normalized spacial score (nSPS) is 10.4. The summed E-state index contributed by atoms with van der Waals surface area (Å²) in [5.41, 5.74) is 1.23. The first-order valence-corrected chi connectivity index (χ1v) is 5.58. The van der Waals surface area contributed by atoms with Crippen LogP contribution in [0.25, 0.3) is 0 Å². The molecule has 0 saturated heterocycles. The number of carboxylic acids is 1. The average Bonchev–Trinajstić information content (AvgIpc) is 2.95. The Balaban J connectivity index is 2.00. The molecule has 0 saturated carbocycles. The molecular formula is C12H13N3O4. The number of aromatic carboxylic acids is 1. The first-order valence-electron chi connectivity index (χ1n) is 5.58. The Morgan fingerprint density at radius 3 is 2.74 bits per heavy atom. The summed E-state index contributed by atoms with van der Waals surface area (Å²) in [5, 5.41) is 15.3. The van der Waals surface area contributed by atoms with Gasteiger partial charge in [0.25, 0.3) is 5.91 Å². The summed E-state index contributed by atoms with van der Waals surface area (Å²) in [7, 11) is 1.75. The smallest absolute Gasteiger partial charge is 0.371 e. The van der Waals surface area contributed by atoms with Crippen LogP contribution < -0.4 is 5.32 Å². The number of nitrogens with one attached hydrogen (secondary N) is 1. The molecule has 2 N–H and O–H groups in total. The fourth-order valence-corrected chi connectivity index (χ4v) is 1.57. The second-order valence-corrected chi connectivity index (χ2v) is 4.02. The molecule has 2 aromatic rings. The minimum atomic E-state index is -1.14. The quantitative estimate of drug-likeness (QED) is 0.855. The predicted molar refractivity (Wildman–Crippen MR) is 64.8 cm³/mol. The molecule has 0 aromatic carbocycles. The number of carbonyl (C=O) groups excluding carboxylic acids is 1. The minimum absolute atomic E-state index is 0.125. The molecule has 0 bridgehead atoms. The molecule has 0 atom stereocenters. The maximum absolute atomic E-state index is 11.9. The van der Waals surface area contributed by atoms with Gasteiger partial charge < -0.3 is 14.8 Å². The van der Waals surface area contributed by atoms with E-state index in [9.17, 15) is 9.59 Å². The Labute approximate surface area is 108 Å². The predicted octanol–water partition coefficient (Wildman–Crippen LogP) is 0.950. The largest absolute Gasteiger partial charge is 0.475 e. The van der Waals surface area contributed by atoms with Crippen molar-refractivity contribution in [1.29, 1.82) is 0 Å². The third-order valence-electron chi connectivity index (χ3n) is 2.78. The third kappa shape index (κ3) is 2.65. The maximum atomic E-state index is 11.9. The van der Waals surface area contributed by atoms with Gasteiger partial charge in [0.2, 0.25) is 5.76 Å². The van der Waals surface area contributed by atoms with E-state index in [4.69, 9.17) is 9.52 Å². The van der Waals surface area contributed by atoms with Crippen LogP contribution in [0.5, 0.6) is 0 Å². The van der Waals surface area contributed by atoms with Crippen LogP contribution >= 0.6 is 0 Å². The van der Waals surface area contributed by atoms with Gasteiger partial charge in [0.15, 0.2) is 0 Å². The van der Waals surface area contributed by atoms with Gasteiger partial charge >= 0.3 is 5.97 Å². The summed E-state index contributed by atoms with van der Waals surface area (Å²) in [6.45, 7) is 1.91. The average molecular weight is 263 g/mol. The first kappa shape index (κ1) is 12.9. The molecule has 0 fully saturated rings. The van der Waals surface area contributed by atoms with E-state index in [1.165, 1.54) is 18.3 Å². The van der Waals surface area contributed by atoms with Crippen molar-refractivity contribution in [1.82, 2.24) is 15.1 Å². The van der Waals surface area contributed by atoms with Gasteiger partial charge in [-0.25, -0.2) is 4.79 Å². The van der Waals surface area contributed by atoms with Crippen LogP contribution in [0.4, 0.5) is 0 Å². The SMILES string of the molecule is Cc1c(C(=O)NCc2ccc(C(=O)O)o2)cnn1C. The van der Waals surface area contributed by atoms with Crippen molar-refractivity contribution in [3.8, 4) is 0 Å². The lowest BCUT2D eigenvalue weighted by Gasteiger charge is -2.02. The number of carbonyl (C=O) groups is 2. The van der Waals surface area contributed by atoms with Crippen molar-refractivity contribution in [2.24, 2.45) is 7.05 Å². The maximum Gasteiger partial charge on any atom is 0.371 e. The molecular weight excluding hydrogens is 250 g/mol. The lowest BCUT2D eigenvalue weighted by molar-refractivity contribution is 0.0660. The van der Waals surface area contributed by atoms with E-state index < -0.39 is 5.97 Å². The molecule has 0 spiro atoms. The molecule has 2 rings (SSSR count). The summed E-state index contributed by atoms with van der Waals surface area (Å²) in [6, 6.07) is 2.86. The van der Waals surface area contributed by atoms with Crippen molar-refractivity contribution in [3.63, 3.8) is 0 Å². The highest BCUT2D eigenvalue weighted by atomic mass is 16.4. The van der Waals surface area contributed by atoms with Gasteiger partial charge in [-0.15, -0.1) is 0 Å². The number of nitrogens with zero attached hydrogens (tertiary/aromatic N) is 2. The summed E-state index contributed by atoms with van der Waals surface area (Å²) in [6.07, 6.45) is 1.48. The van der Waals surface area contributed by atoms with Crippen molar-refractivity contribution >= 4 is 11.9 Å².